The summed E-state index contributed by atoms with van der Waals surface area (Å²) in [5.74, 6) is -0.126. The van der Waals surface area contributed by atoms with E-state index in [0.29, 0.717) is 30.1 Å². The zero-order chi connectivity index (χ0) is 16.9. The van der Waals surface area contributed by atoms with Gasteiger partial charge in [0.2, 0.25) is 15.9 Å². The number of hydrogen-bond acceptors (Lipinski definition) is 3. The highest BCUT2D eigenvalue weighted by Gasteiger charge is 2.32. The fourth-order valence-corrected chi connectivity index (χ4v) is 5.02. The number of benzene rings is 1. The first-order chi connectivity index (χ1) is 10.9. The van der Waals surface area contributed by atoms with E-state index >= 15 is 0 Å². The second kappa shape index (κ2) is 8.13. The van der Waals surface area contributed by atoms with E-state index in [0.717, 1.165) is 19.3 Å². The van der Waals surface area contributed by atoms with Crippen molar-refractivity contribution >= 4 is 27.5 Å². The fourth-order valence-electron chi connectivity index (χ4n) is 2.96. The maximum atomic E-state index is 12.8. The van der Waals surface area contributed by atoms with E-state index in [9.17, 15) is 13.2 Å². The van der Waals surface area contributed by atoms with Crippen LogP contribution in [0.4, 0.5) is 0 Å². The molecule has 0 unspecified atom stereocenters. The lowest BCUT2D eigenvalue weighted by atomic mass is 10.0. The second-order valence-corrected chi connectivity index (χ2v) is 8.28. The van der Waals surface area contributed by atoms with Crippen molar-refractivity contribution in [2.75, 3.05) is 13.1 Å². The number of halogens is 1. The highest BCUT2D eigenvalue weighted by atomic mass is 35.5. The van der Waals surface area contributed by atoms with Crippen LogP contribution in [0, 0.1) is 0 Å². The summed E-state index contributed by atoms with van der Waals surface area (Å²) in [6.07, 6.45) is 3.39. The minimum atomic E-state index is -3.39. The number of hydrogen-bond donors (Lipinski definition) is 1. The van der Waals surface area contributed by atoms with Crippen LogP contribution >= 0.6 is 11.6 Å². The molecule has 128 valence electrons. The molecule has 0 radical (unpaired) electrons. The van der Waals surface area contributed by atoms with Gasteiger partial charge in [0, 0.05) is 31.1 Å². The Morgan fingerprint density at radius 2 is 2.17 bits per heavy atom. The van der Waals surface area contributed by atoms with Crippen molar-refractivity contribution in [2.45, 2.75) is 44.4 Å². The predicted octanol–water partition coefficient (Wildman–Crippen LogP) is 2.55. The third-order valence-corrected chi connectivity index (χ3v) is 6.15. The minimum absolute atomic E-state index is 0.0375. The largest absolute Gasteiger partial charge is 0.356 e. The van der Waals surface area contributed by atoms with Crippen LogP contribution in [-0.4, -0.2) is 37.8 Å². The molecule has 1 aromatic carbocycles. The normalized spacial score (nSPS) is 19.5. The molecular weight excluding hydrogens is 336 g/mol. The zero-order valence-electron chi connectivity index (χ0n) is 13.3. The standard InChI is InChI=1S/C16H23ClN2O3S/c1-13(20)18-9-8-16-7-2-3-10-19(16)23(21,22)12-14-5-4-6-15(17)11-14/h4-6,11,16H,2-3,7-10,12H2,1H3,(H,18,20)/t16-/m1/s1. The minimum Gasteiger partial charge on any atom is -0.356 e. The first kappa shape index (κ1) is 18.2. The van der Waals surface area contributed by atoms with Gasteiger partial charge in [0.25, 0.3) is 0 Å². The summed E-state index contributed by atoms with van der Waals surface area (Å²) < 4.78 is 27.1. The summed E-state index contributed by atoms with van der Waals surface area (Å²) in [7, 11) is -3.39. The molecule has 2 rings (SSSR count). The molecule has 1 saturated heterocycles. The lowest BCUT2D eigenvalue weighted by molar-refractivity contribution is -0.119. The Morgan fingerprint density at radius 1 is 1.39 bits per heavy atom. The van der Waals surface area contributed by atoms with E-state index in [1.165, 1.54) is 6.92 Å². The molecule has 0 saturated carbocycles. The van der Waals surface area contributed by atoms with E-state index in [1.54, 1.807) is 28.6 Å². The molecule has 7 heteroatoms. The van der Waals surface area contributed by atoms with E-state index in [2.05, 4.69) is 5.32 Å². The topological polar surface area (TPSA) is 66.5 Å². The summed E-state index contributed by atoms with van der Waals surface area (Å²) in [4.78, 5) is 11.0. The SMILES string of the molecule is CC(=O)NCC[C@H]1CCCCN1S(=O)(=O)Cc1cccc(Cl)c1. The van der Waals surface area contributed by atoms with Crippen molar-refractivity contribution in [1.29, 1.82) is 0 Å². The number of amides is 1. The molecular formula is C16H23ClN2O3S. The van der Waals surface area contributed by atoms with Crippen LogP contribution < -0.4 is 5.32 Å². The van der Waals surface area contributed by atoms with Gasteiger partial charge in [0.05, 0.1) is 5.75 Å². The Hall–Kier alpha value is -1.11. The summed E-state index contributed by atoms with van der Waals surface area (Å²) in [6.45, 7) is 2.52. The summed E-state index contributed by atoms with van der Waals surface area (Å²) >= 11 is 5.94. The molecule has 1 N–H and O–H groups in total. The van der Waals surface area contributed by atoms with Gasteiger partial charge in [-0.1, -0.05) is 30.2 Å². The number of sulfonamides is 1. The van der Waals surface area contributed by atoms with Crippen LogP contribution in [0.3, 0.4) is 0 Å². The first-order valence-electron chi connectivity index (χ1n) is 7.87. The van der Waals surface area contributed by atoms with Crippen molar-refractivity contribution in [1.82, 2.24) is 9.62 Å². The summed E-state index contributed by atoms with van der Waals surface area (Å²) in [5, 5.41) is 3.28. The molecule has 0 aromatic heterocycles. The van der Waals surface area contributed by atoms with Gasteiger partial charge >= 0.3 is 0 Å². The zero-order valence-corrected chi connectivity index (χ0v) is 14.9. The number of nitrogens with zero attached hydrogens (tertiary/aromatic N) is 1. The quantitative estimate of drug-likeness (QED) is 0.849. The monoisotopic (exact) mass is 358 g/mol. The number of rotatable bonds is 6. The van der Waals surface area contributed by atoms with E-state index < -0.39 is 10.0 Å². The summed E-state index contributed by atoms with van der Waals surface area (Å²) in [5.41, 5.74) is 0.698. The average Bonchev–Trinajstić information content (AvgIpc) is 2.47. The molecule has 1 aliphatic heterocycles. The Kier molecular flexibility index (Phi) is 6.44. The van der Waals surface area contributed by atoms with Crippen LogP contribution in [0.2, 0.25) is 5.02 Å². The molecule has 1 atom stereocenters. The van der Waals surface area contributed by atoms with E-state index in [1.807, 2.05) is 0 Å². The molecule has 5 nitrogen and oxygen atoms in total. The van der Waals surface area contributed by atoms with Gasteiger partial charge in [-0.25, -0.2) is 8.42 Å². The maximum absolute atomic E-state index is 12.8. The van der Waals surface area contributed by atoms with Gasteiger partial charge in [0.15, 0.2) is 0 Å². The second-order valence-electron chi connectivity index (χ2n) is 5.92. The Morgan fingerprint density at radius 3 is 2.87 bits per heavy atom. The predicted molar refractivity (Wildman–Crippen MR) is 91.7 cm³/mol. The molecule has 23 heavy (non-hydrogen) atoms. The highest BCUT2D eigenvalue weighted by Crippen LogP contribution is 2.25. The van der Waals surface area contributed by atoms with Gasteiger partial charge in [0.1, 0.15) is 0 Å². The van der Waals surface area contributed by atoms with Gasteiger partial charge in [-0.05, 0) is 37.0 Å². The molecule has 0 aliphatic carbocycles. The van der Waals surface area contributed by atoms with Crippen molar-refractivity contribution in [3.63, 3.8) is 0 Å². The first-order valence-corrected chi connectivity index (χ1v) is 9.85. The Balaban J connectivity index is 2.06. The molecule has 0 bridgehead atoms. The number of carbonyl (C=O) groups excluding carboxylic acids is 1. The molecule has 1 aromatic rings. The van der Waals surface area contributed by atoms with Crippen molar-refractivity contribution in [3.8, 4) is 0 Å². The summed E-state index contributed by atoms with van der Waals surface area (Å²) in [6, 6.07) is 6.92. The Labute approximate surface area is 143 Å². The third-order valence-electron chi connectivity index (χ3n) is 4.02. The van der Waals surface area contributed by atoms with Crippen LogP contribution in [0.5, 0.6) is 0 Å². The lowest BCUT2D eigenvalue weighted by Gasteiger charge is -2.34. The van der Waals surface area contributed by atoms with Crippen LogP contribution in [0.25, 0.3) is 0 Å². The smallest absolute Gasteiger partial charge is 0.218 e. The van der Waals surface area contributed by atoms with Gasteiger partial charge in [-0.2, -0.15) is 4.31 Å². The van der Waals surface area contributed by atoms with Crippen molar-refractivity contribution in [3.05, 3.63) is 34.9 Å². The Bertz CT molecular complexity index is 648. The van der Waals surface area contributed by atoms with Crippen LogP contribution in [-0.2, 0) is 20.6 Å². The molecule has 0 spiro atoms. The highest BCUT2D eigenvalue weighted by molar-refractivity contribution is 7.88. The number of carbonyl (C=O) groups is 1. The fraction of sp³-hybridized carbons (Fsp3) is 0.562. The van der Waals surface area contributed by atoms with E-state index in [-0.39, 0.29) is 17.7 Å². The lowest BCUT2D eigenvalue weighted by Crippen LogP contribution is -2.45. The van der Waals surface area contributed by atoms with Gasteiger partial charge < -0.3 is 5.32 Å². The number of nitrogens with one attached hydrogen (secondary N) is 1. The van der Waals surface area contributed by atoms with Crippen molar-refractivity contribution in [2.24, 2.45) is 0 Å². The van der Waals surface area contributed by atoms with Crippen molar-refractivity contribution < 1.29 is 13.2 Å². The molecule has 1 aliphatic rings. The van der Waals surface area contributed by atoms with E-state index in [4.69, 9.17) is 11.6 Å². The molecule has 1 amide bonds. The third kappa shape index (κ3) is 5.48. The maximum Gasteiger partial charge on any atom is 0.218 e. The van der Waals surface area contributed by atoms with Gasteiger partial charge in [-0.15, -0.1) is 0 Å². The molecule has 1 heterocycles. The van der Waals surface area contributed by atoms with Crippen LogP contribution in [0.15, 0.2) is 24.3 Å². The number of piperidine rings is 1. The van der Waals surface area contributed by atoms with Crippen LogP contribution in [0.1, 0.15) is 38.2 Å². The molecule has 1 fully saturated rings. The van der Waals surface area contributed by atoms with Gasteiger partial charge in [-0.3, -0.25) is 4.79 Å². The average molecular weight is 359 g/mol.